The SMILES string of the molecule is CCOc1ccc2[nH]c(=O)c(CN(CCO)C3(c4nnnn4CCOC)CCN(C)CC3)cc2c1. The second-order valence-electron chi connectivity index (χ2n) is 9.00. The van der Waals surface area contributed by atoms with Crippen LogP contribution >= 0.6 is 0 Å². The fourth-order valence-electron chi connectivity index (χ4n) is 4.91. The fourth-order valence-corrected chi connectivity index (χ4v) is 4.91. The molecule has 0 amide bonds. The van der Waals surface area contributed by atoms with Crippen molar-refractivity contribution >= 4 is 10.9 Å². The molecule has 2 aromatic heterocycles. The Hall–Kier alpha value is -2.86. The topological polar surface area (TPSA) is 122 Å². The standard InChI is InChI=1S/C24H35N7O4/c1-4-35-20-5-6-21-18(16-20)15-19(22(33)25-21)17-30(11-13-32)24(7-9-29(2)10-8-24)23-26-27-28-31(23)12-14-34-3/h5-6,15-16,32H,4,7-14,17H2,1-3H3,(H,25,33). The van der Waals surface area contributed by atoms with Gasteiger partial charge in [-0.05, 0) is 61.5 Å². The Bertz CT molecular complexity index is 1170. The number of nitrogens with zero attached hydrogens (tertiary/aromatic N) is 6. The van der Waals surface area contributed by atoms with Crippen molar-refractivity contribution in [1.82, 2.24) is 35.0 Å². The van der Waals surface area contributed by atoms with Crippen molar-refractivity contribution in [1.29, 1.82) is 0 Å². The van der Waals surface area contributed by atoms with Gasteiger partial charge in [0.2, 0.25) is 0 Å². The van der Waals surface area contributed by atoms with E-state index < -0.39 is 5.54 Å². The summed E-state index contributed by atoms with van der Waals surface area (Å²) >= 11 is 0. The normalized spacial score (nSPS) is 16.3. The number of methoxy groups -OCH3 is 1. The summed E-state index contributed by atoms with van der Waals surface area (Å²) in [6, 6.07) is 7.56. The highest BCUT2D eigenvalue weighted by atomic mass is 16.5. The fraction of sp³-hybridized carbons (Fsp3) is 0.583. The molecule has 1 aliphatic rings. The Morgan fingerprint density at radius 1 is 1.26 bits per heavy atom. The highest BCUT2D eigenvalue weighted by Crippen LogP contribution is 2.38. The van der Waals surface area contributed by atoms with Gasteiger partial charge in [-0.25, -0.2) is 4.68 Å². The first-order chi connectivity index (χ1) is 17.0. The molecule has 11 heteroatoms. The van der Waals surface area contributed by atoms with E-state index >= 15 is 0 Å². The molecule has 0 unspecified atom stereocenters. The predicted octanol–water partition coefficient (Wildman–Crippen LogP) is 0.975. The summed E-state index contributed by atoms with van der Waals surface area (Å²) in [5, 5.41) is 23.6. The highest BCUT2D eigenvalue weighted by molar-refractivity contribution is 5.80. The van der Waals surface area contributed by atoms with Gasteiger partial charge in [0.25, 0.3) is 5.56 Å². The maximum absolute atomic E-state index is 13.1. The highest BCUT2D eigenvalue weighted by Gasteiger charge is 2.45. The van der Waals surface area contributed by atoms with Gasteiger partial charge in [-0.1, -0.05) is 0 Å². The second-order valence-corrected chi connectivity index (χ2v) is 9.00. The number of fused-ring (bicyclic) bond motifs is 1. The number of pyridine rings is 1. The summed E-state index contributed by atoms with van der Waals surface area (Å²) in [7, 11) is 3.74. The molecular weight excluding hydrogens is 450 g/mol. The van der Waals surface area contributed by atoms with Crippen molar-refractivity contribution < 1.29 is 14.6 Å². The number of tetrazole rings is 1. The molecule has 0 atom stereocenters. The zero-order valence-corrected chi connectivity index (χ0v) is 20.7. The molecule has 3 aromatic rings. The number of benzene rings is 1. The van der Waals surface area contributed by atoms with Crippen LogP contribution in [0.1, 0.15) is 31.2 Å². The summed E-state index contributed by atoms with van der Waals surface area (Å²) in [6.45, 7) is 5.92. The number of nitrogens with one attached hydrogen (secondary N) is 1. The number of aromatic amines is 1. The Labute approximate surface area is 204 Å². The molecule has 1 aromatic carbocycles. The quantitative estimate of drug-likeness (QED) is 0.409. The van der Waals surface area contributed by atoms with Crippen molar-refractivity contribution in [2.45, 2.75) is 38.4 Å². The van der Waals surface area contributed by atoms with Crippen LogP contribution in [0.4, 0.5) is 0 Å². The van der Waals surface area contributed by atoms with E-state index in [0.29, 0.717) is 38.4 Å². The Morgan fingerprint density at radius 3 is 2.77 bits per heavy atom. The zero-order valence-electron chi connectivity index (χ0n) is 20.7. The average Bonchev–Trinajstić information content (AvgIpc) is 3.33. The van der Waals surface area contributed by atoms with E-state index in [2.05, 4.69) is 37.4 Å². The average molecular weight is 486 g/mol. The number of rotatable bonds is 11. The van der Waals surface area contributed by atoms with Crippen LogP contribution in [0.15, 0.2) is 29.1 Å². The van der Waals surface area contributed by atoms with Gasteiger partial charge in [-0.15, -0.1) is 5.10 Å². The lowest BCUT2D eigenvalue weighted by atomic mass is 9.84. The molecule has 1 fully saturated rings. The van der Waals surface area contributed by atoms with Gasteiger partial charge in [-0.2, -0.15) is 0 Å². The van der Waals surface area contributed by atoms with Gasteiger partial charge in [0.05, 0.1) is 31.9 Å². The van der Waals surface area contributed by atoms with E-state index in [1.54, 1.807) is 11.8 Å². The van der Waals surface area contributed by atoms with Crippen LogP contribution < -0.4 is 10.3 Å². The van der Waals surface area contributed by atoms with Crippen LogP contribution in [0, 0.1) is 0 Å². The van der Waals surface area contributed by atoms with Gasteiger partial charge < -0.3 is 24.5 Å². The third kappa shape index (κ3) is 5.37. The molecular formula is C24H35N7O4. The summed E-state index contributed by atoms with van der Waals surface area (Å²) in [6.07, 6.45) is 1.55. The number of hydrogen-bond acceptors (Lipinski definition) is 9. The number of piperidine rings is 1. The molecule has 1 saturated heterocycles. The Balaban J connectivity index is 1.74. The molecule has 1 aliphatic heterocycles. The number of hydrogen-bond donors (Lipinski definition) is 2. The predicted molar refractivity (Wildman–Crippen MR) is 131 cm³/mol. The minimum atomic E-state index is -0.527. The maximum atomic E-state index is 13.1. The molecule has 35 heavy (non-hydrogen) atoms. The second kappa shape index (κ2) is 11.3. The van der Waals surface area contributed by atoms with Gasteiger partial charge in [-0.3, -0.25) is 9.69 Å². The molecule has 2 N–H and O–H groups in total. The monoisotopic (exact) mass is 485 g/mol. The first-order valence-electron chi connectivity index (χ1n) is 12.1. The molecule has 0 bridgehead atoms. The Morgan fingerprint density at radius 2 is 2.06 bits per heavy atom. The van der Waals surface area contributed by atoms with E-state index in [4.69, 9.17) is 9.47 Å². The van der Waals surface area contributed by atoms with Crippen LogP contribution in [0.3, 0.4) is 0 Å². The van der Waals surface area contributed by atoms with Crippen LogP contribution in [0.2, 0.25) is 0 Å². The van der Waals surface area contributed by atoms with E-state index in [-0.39, 0.29) is 12.2 Å². The lowest BCUT2D eigenvalue weighted by molar-refractivity contribution is -0.00395. The molecule has 3 heterocycles. The first-order valence-corrected chi connectivity index (χ1v) is 12.1. The molecule has 4 rings (SSSR count). The van der Waals surface area contributed by atoms with Crippen molar-refractivity contribution in [3.8, 4) is 5.75 Å². The summed E-state index contributed by atoms with van der Waals surface area (Å²) in [5.41, 5.74) is 0.704. The van der Waals surface area contributed by atoms with Crippen LogP contribution in [0.25, 0.3) is 10.9 Å². The van der Waals surface area contributed by atoms with Gasteiger partial charge in [0.1, 0.15) is 5.75 Å². The van der Waals surface area contributed by atoms with Crippen LogP contribution in [0.5, 0.6) is 5.75 Å². The largest absolute Gasteiger partial charge is 0.494 e. The summed E-state index contributed by atoms with van der Waals surface area (Å²) in [4.78, 5) is 20.5. The van der Waals surface area contributed by atoms with Gasteiger partial charge in [0.15, 0.2) is 5.82 Å². The van der Waals surface area contributed by atoms with E-state index in [0.717, 1.165) is 48.4 Å². The van der Waals surface area contributed by atoms with Crippen molar-refractivity contribution in [3.05, 3.63) is 46.0 Å². The molecule has 190 valence electrons. The minimum absolute atomic E-state index is 0.0444. The van der Waals surface area contributed by atoms with Crippen molar-refractivity contribution in [2.24, 2.45) is 0 Å². The number of aliphatic hydroxyl groups excluding tert-OH is 1. The van der Waals surface area contributed by atoms with Gasteiger partial charge >= 0.3 is 0 Å². The van der Waals surface area contributed by atoms with Crippen molar-refractivity contribution in [2.75, 3.05) is 53.6 Å². The van der Waals surface area contributed by atoms with Crippen LogP contribution in [-0.4, -0.2) is 93.7 Å². The lowest BCUT2D eigenvalue weighted by Crippen LogP contribution is -2.54. The smallest absolute Gasteiger partial charge is 0.252 e. The third-order valence-electron chi connectivity index (χ3n) is 6.81. The number of likely N-dealkylation sites (tertiary alicyclic amines) is 1. The number of ether oxygens (including phenoxy) is 2. The molecule has 0 spiro atoms. The minimum Gasteiger partial charge on any atom is -0.494 e. The van der Waals surface area contributed by atoms with E-state index in [1.165, 1.54) is 0 Å². The van der Waals surface area contributed by atoms with E-state index in [9.17, 15) is 9.90 Å². The summed E-state index contributed by atoms with van der Waals surface area (Å²) in [5.74, 6) is 1.50. The summed E-state index contributed by atoms with van der Waals surface area (Å²) < 4.78 is 12.7. The van der Waals surface area contributed by atoms with E-state index in [1.807, 2.05) is 31.2 Å². The van der Waals surface area contributed by atoms with Crippen LogP contribution in [-0.2, 0) is 23.4 Å². The Kier molecular flexibility index (Phi) is 8.11. The molecule has 11 nitrogen and oxygen atoms in total. The number of H-pyrrole nitrogens is 1. The number of aliphatic hydroxyl groups is 1. The molecule has 0 saturated carbocycles. The lowest BCUT2D eigenvalue weighted by Gasteiger charge is -2.47. The van der Waals surface area contributed by atoms with Crippen molar-refractivity contribution in [3.63, 3.8) is 0 Å². The zero-order chi connectivity index (χ0) is 24.8. The first kappa shape index (κ1) is 25.2. The maximum Gasteiger partial charge on any atom is 0.252 e. The molecule has 0 aliphatic carbocycles. The number of aromatic nitrogens is 5. The third-order valence-corrected chi connectivity index (χ3v) is 6.81. The molecule has 0 radical (unpaired) electrons. The van der Waals surface area contributed by atoms with Gasteiger partial charge in [0, 0.05) is 49.8 Å².